The zero-order chi connectivity index (χ0) is 25.6. The average molecular weight is 499 g/mol. The number of ether oxygens (including phenoxy) is 2. The van der Waals surface area contributed by atoms with Gasteiger partial charge in [0.25, 0.3) is 0 Å². The van der Waals surface area contributed by atoms with E-state index in [0.29, 0.717) is 5.56 Å². The predicted molar refractivity (Wildman–Crippen MR) is 134 cm³/mol. The Labute approximate surface area is 214 Å². The number of fused-ring (bicyclic) bond motifs is 5. The van der Waals surface area contributed by atoms with Crippen LogP contribution in [0.25, 0.3) is 11.1 Å². The summed E-state index contributed by atoms with van der Waals surface area (Å²) in [6, 6.07) is 22.1. The number of carbonyl (C=O) groups excluding carboxylic acids is 1. The molecule has 0 aromatic heterocycles. The van der Waals surface area contributed by atoms with Crippen molar-refractivity contribution in [1.82, 2.24) is 4.90 Å². The van der Waals surface area contributed by atoms with Gasteiger partial charge < -0.3 is 14.6 Å². The molecule has 37 heavy (non-hydrogen) atoms. The molecule has 7 heteroatoms. The van der Waals surface area contributed by atoms with Crippen LogP contribution < -0.4 is 0 Å². The van der Waals surface area contributed by atoms with Gasteiger partial charge in [-0.05, 0) is 39.9 Å². The zero-order valence-corrected chi connectivity index (χ0v) is 20.3. The lowest BCUT2D eigenvalue weighted by Crippen LogP contribution is -2.62. The first-order valence-electron chi connectivity index (χ1n) is 12.6. The minimum Gasteiger partial charge on any atom is -0.448 e. The number of carbonyl (C=O) groups is 1. The van der Waals surface area contributed by atoms with Crippen molar-refractivity contribution in [3.05, 3.63) is 94.8 Å². The van der Waals surface area contributed by atoms with Crippen LogP contribution in [0.5, 0.6) is 0 Å². The summed E-state index contributed by atoms with van der Waals surface area (Å²) in [5, 5.41) is 20.6. The van der Waals surface area contributed by atoms with Gasteiger partial charge in [0.1, 0.15) is 12.4 Å². The molecule has 2 heterocycles. The Morgan fingerprint density at radius 1 is 1.05 bits per heavy atom. The van der Waals surface area contributed by atoms with Gasteiger partial charge in [0.15, 0.2) is 0 Å². The second-order valence-corrected chi connectivity index (χ2v) is 10.1. The van der Waals surface area contributed by atoms with Crippen molar-refractivity contribution in [2.75, 3.05) is 19.8 Å². The Kier molecular flexibility index (Phi) is 5.94. The molecule has 6 nitrogen and oxygen atoms in total. The third kappa shape index (κ3) is 4.07. The van der Waals surface area contributed by atoms with Crippen molar-refractivity contribution >= 4 is 6.09 Å². The highest BCUT2D eigenvalue weighted by molar-refractivity contribution is 5.79. The first-order chi connectivity index (χ1) is 18.0. The highest BCUT2D eigenvalue weighted by atomic mass is 19.1. The van der Waals surface area contributed by atoms with Gasteiger partial charge in [0, 0.05) is 24.3 Å². The first kappa shape index (κ1) is 23.7. The van der Waals surface area contributed by atoms with E-state index >= 15 is 0 Å². The molecule has 0 radical (unpaired) electrons. The number of piperidine rings is 1. The summed E-state index contributed by atoms with van der Waals surface area (Å²) in [5.74, 6) is -0.500. The Morgan fingerprint density at radius 3 is 2.30 bits per heavy atom. The Morgan fingerprint density at radius 2 is 1.68 bits per heavy atom. The Hall–Kier alpha value is -3.73. The number of aliphatic hydroxyl groups is 1. The van der Waals surface area contributed by atoms with E-state index in [1.165, 1.54) is 17.2 Å². The summed E-state index contributed by atoms with van der Waals surface area (Å²) in [4.78, 5) is 15.1. The van der Waals surface area contributed by atoms with E-state index in [2.05, 4.69) is 24.3 Å². The van der Waals surface area contributed by atoms with Crippen molar-refractivity contribution in [1.29, 1.82) is 5.26 Å². The molecule has 2 unspecified atom stereocenters. The monoisotopic (exact) mass is 498 g/mol. The summed E-state index contributed by atoms with van der Waals surface area (Å²) < 4.78 is 25.8. The fraction of sp³-hybridized carbons (Fsp3) is 0.333. The van der Waals surface area contributed by atoms with Crippen LogP contribution in [0, 0.1) is 17.1 Å². The molecule has 188 valence electrons. The number of benzene rings is 3. The van der Waals surface area contributed by atoms with Crippen LogP contribution in [0.3, 0.4) is 0 Å². The molecule has 2 aliphatic heterocycles. The van der Waals surface area contributed by atoms with Gasteiger partial charge in [0.05, 0.1) is 43.4 Å². The van der Waals surface area contributed by atoms with Crippen LogP contribution >= 0.6 is 0 Å². The molecule has 1 amide bonds. The first-order valence-corrected chi connectivity index (χ1v) is 12.6. The summed E-state index contributed by atoms with van der Waals surface area (Å²) >= 11 is 0. The molecule has 1 aliphatic carbocycles. The highest BCUT2D eigenvalue weighted by Gasteiger charge is 2.49. The number of amides is 1. The predicted octanol–water partition coefficient (Wildman–Crippen LogP) is 4.89. The summed E-state index contributed by atoms with van der Waals surface area (Å²) in [5.41, 5.74) is 4.20. The highest BCUT2D eigenvalue weighted by Crippen LogP contribution is 2.45. The quantitative estimate of drug-likeness (QED) is 0.554. The van der Waals surface area contributed by atoms with Gasteiger partial charge in [-0.3, -0.25) is 4.90 Å². The largest absolute Gasteiger partial charge is 0.448 e. The van der Waals surface area contributed by atoms with Crippen LogP contribution in [0.1, 0.15) is 41.0 Å². The molecular weight excluding hydrogens is 471 g/mol. The average Bonchev–Trinajstić information content (AvgIpc) is 3.22. The number of nitriles is 1. The third-order valence-electron chi connectivity index (χ3n) is 7.95. The number of nitrogens with zero attached hydrogens (tertiary/aromatic N) is 2. The molecule has 1 N–H and O–H groups in total. The second kappa shape index (κ2) is 9.29. The lowest BCUT2D eigenvalue weighted by molar-refractivity contribution is -0.136. The van der Waals surface area contributed by atoms with Crippen LogP contribution in [0.2, 0.25) is 0 Å². The maximum atomic E-state index is 14.1. The van der Waals surface area contributed by atoms with Crippen LogP contribution in [0.4, 0.5) is 9.18 Å². The summed E-state index contributed by atoms with van der Waals surface area (Å²) in [6.45, 7) is 0.800. The topological polar surface area (TPSA) is 82.8 Å². The van der Waals surface area contributed by atoms with E-state index in [9.17, 15) is 14.3 Å². The van der Waals surface area contributed by atoms with Gasteiger partial charge in [-0.1, -0.05) is 54.6 Å². The van der Waals surface area contributed by atoms with Crippen molar-refractivity contribution in [2.24, 2.45) is 0 Å². The van der Waals surface area contributed by atoms with Gasteiger partial charge in [-0.15, -0.1) is 0 Å². The van der Waals surface area contributed by atoms with Gasteiger partial charge in [0.2, 0.25) is 0 Å². The lowest BCUT2D eigenvalue weighted by atomic mass is 9.76. The van der Waals surface area contributed by atoms with Crippen molar-refractivity contribution < 1.29 is 23.8 Å². The fourth-order valence-corrected chi connectivity index (χ4v) is 6.26. The number of hydrogen-bond donors (Lipinski definition) is 1. The molecular formula is C30H27FN2O4. The van der Waals surface area contributed by atoms with E-state index in [-0.39, 0.29) is 62.6 Å². The minimum atomic E-state index is -1.25. The maximum Gasteiger partial charge on any atom is 0.410 e. The molecule has 3 aromatic carbocycles. The maximum absolute atomic E-state index is 14.1. The van der Waals surface area contributed by atoms with E-state index < -0.39 is 17.5 Å². The van der Waals surface area contributed by atoms with E-state index in [1.54, 1.807) is 17.0 Å². The van der Waals surface area contributed by atoms with Crippen molar-refractivity contribution in [2.45, 2.75) is 42.9 Å². The normalized spacial score (nSPS) is 24.2. The molecule has 0 spiro atoms. The van der Waals surface area contributed by atoms with Gasteiger partial charge >= 0.3 is 6.09 Å². The molecule has 0 saturated carbocycles. The SMILES string of the molecule is N#CCc1cc(C2(O)CC3COCC(C2)N3C(=O)OCC2c3ccccc3-c3ccccc32)ccc1F. The number of rotatable bonds is 4. The van der Waals surface area contributed by atoms with Crippen LogP contribution in [0.15, 0.2) is 66.7 Å². The minimum absolute atomic E-state index is 0.0352. The molecule has 2 fully saturated rings. The van der Waals surface area contributed by atoms with Gasteiger partial charge in [-0.2, -0.15) is 5.26 Å². The molecule has 2 atom stereocenters. The Bertz CT molecular complexity index is 1340. The standard InChI is InChI=1S/C30H27FN2O4/c31-28-10-9-20(13-19(28)11-12-32)30(35)14-21-16-36-17-22(15-30)33(21)29(34)37-18-27-25-7-3-1-5-23(25)24-6-2-4-8-26(24)27/h1-10,13,21-22,27,35H,11,14-18H2. The van der Waals surface area contributed by atoms with Crippen molar-refractivity contribution in [3.8, 4) is 17.2 Å². The van der Waals surface area contributed by atoms with Gasteiger partial charge in [-0.25, -0.2) is 9.18 Å². The molecule has 6 rings (SSSR count). The lowest BCUT2D eigenvalue weighted by Gasteiger charge is -2.51. The van der Waals surface area contributed by atoms with E-state index in [1.807, 2.05) is 30.3 Å². The zero-order valence-electron chi connectivity index (χ0n) is 20.3. The van der Waals surface area contributed by atoms with E-state index in [0.717, 1.165) is 11.1 Å². The molecule has 2 bridgehead atoms. The van der Waals surface area contributed by atoms with E-state index in [4.69, 9.17) is 14.7 Å². The van der Waals surface area contributed by atoms with Crippen molar-refractivity contribution in [3.63, 3.8) is 0 Å². The number of hydrogen-bond acceptors (Lipinski definition) is 5. The Balaban J connectivity index is 1.20. The van der Waals surface area contributed by atoms with Crippen LogP contribution in [-0.4, -0.2) is 48.0 Å². The molecule has 3 aliphatic rings. The third-order valence-corrected chi connectivity index (χ3v) is 7.95. The second-order valence-electron chi connectivity index (χ2n) is 10.1. The summed E-state index contributed by atoms with van der Waals surface area (Å²) in [7, 11) is 0. The number of morpholine rings is 1. The number of halogens is 1. The summed E-state index contributed by atoms with van der Waals surface area (Å²) in [6.07, 6.45) is 0.000292. The van der Waals surface area contributed by atoms with Crippen LogP contribution in [-0.2, 0) is 21.5 Å². The molecule has 2 saturated heterocycles. The molecule has 3 aromatic rings. The fourth-order valence-electron chi connectivity index (χ4n) is 6.26. The smallest absolute Gasteiger partial charge is 0.410 e.